The molecular formula is C17H26FN. The van der Waals surface area contributed by atoms with E-state index in [1.165, 1.54) is 19.3 Å². The molecule has 0 bridgehead atoms. The van der Waals surface area contributed by atoms with Gasteiger partial charge in [0.05, 0.1) is 0 Å². The first-order valence-electron chi connectivity index (χ1n) is 7.76. The molecule has 1 unspecified atom stereocenters. The molecule has 2 rings (SSSR count). The number of halogens is 1. The van der Waals surface area contributed by atoms with Crippen molar-refractivity contribution in [2.24, 2.45) is 0 Å². The maximum Gasteiger partial charge on any atom is 0.126 e. The van der Waals surface area contributed by atoms with Crippen molar-refractivity contribution in [1.29, 1.82) is 0 Å². The molecule has 19 heavy (non-hydrogen) atoms. The predicted octanol–water partition coefficient (Wildman–Crippen LogP) is 4.41. The Morgan fingerprint density at radius 3 is 2.63 bits per heavy atom. The van der Waals surface area contributed by atoms with Gasteiger partial charge in [0.2, 0.25) is 0 Å². The van der Waals surface area contributed by atoms with Gasteiger partial charge in [-0.3, -0.25) is 0 Å². The second-order valence-corrected chi connectivity index (χ2v) is 5.72. The summed E-state index contributed by atoms with van der Waals surface area (Å²) < 4.78 is 14.2. The fourth-order valence-corrected chi connectivity index (χ4v) is 3.14. The quantitative estimate of drug-likeness (QED) is 0.829. The average molecular weight is 263 g/mol. The molecule has 2 heteroatoms. The zero-order chi connectivity index (χ0) is 13.7. The summed E-state index contributed by atoms with van der Waals surface area (Å²) in [5, 5.41) is 3.52. The normalized spacial score (nSPS) is 19.9. The summed E-state index contributed by atoms with van der Waals surface area (Å²) in [6, 6.07) is 6.41. The maximum absolute atomic E-state index is 14.2. The van der Waals surface area contributed by atoms with Crippen LogP contribution in [0.2, 0.25) is 0 Å². The highest BCUT2D eigenvalue weighted by atomic mass is 19.1. The lowest BCUT2D eigenvalue weighted by Crippen LogP contribution is -2.35. The van der Waals surface area contributed by atoms with Crippen LogP contribution in [0.5, 0.6) is 0 Å². The lowest BCUT2D eigenvalue weighted by Gasteiger charge is -2.24. The van der Waals surface area contributed by atoms with E-state index in [-0.39, 0.29) is 5.82 Å². The van der Waals surface area contributed by atoms with Crippen LogP contribution in [-0.2, 0) is 6.42 Å². The Morgan fingerprint density at radius 2 is 2.05 bits per heavy atom. The molecule has 0 saturated carbocycles. The van der Waals surface area contributed by atoms with Gasteiger partial charge in [-0.1, -0.05) is 32.4 Å². The monoisotopic (exact) mass is 263 g/mol. The summed E-state index contributed by atoms with van der Waals surface area (Å²) in [7, 11) is 0. The second kappa shape index (κ2) is 7.04. The van der Waals surface area contributed by atoms with Gasteiger partial charge in [0, 0.05) is 6.04 Å². The van der Waals surface area contributed by atoms with Crippen LogP contribution in [0.3, 0.4) is 0 Å². The molecule has 0 amide bonds. The van der Waals surface area contributed by atoms with Crippen molar-refractivity contribution in [1.82, 2.24) is 5.32 Å². The summed E-state index contributed by atoms with van der Waals surface area (Å²) in [4.78, 5) is 0. The molecule has 0 aliphatic carbocycles. The van der Waals surface area contributed by atoms with Gasteiger partial charge < -0.3 is 5.32 Å². The molecule has 1 heterocycles. The summed E-state index contributed by atoms with van der Waals surface area (Å²) in [5.41, 5.74) is 2.02. The minimum Gasteiger partial charge on any atom is -0.314 e. The van der Waals surface area contributed by atoms with Crippen LogP contribution in [0.4, 0.5) is 4.39 Å². The van der Waals surface area contributed by atoms with Crippen molar-refractivity contribution in [2.45, 2.75) is 64.3 Å². The molecule has 1 fully saturated rings. The fourth-order valence-electron chi connectivity index (χ4n) is 3.14. The third-order valence-electron chi connectivity index (χ3n) is 4.38. The minimum atomic E-state index is -0.0120. The SMILES string of the molecule is CCC(CC)c1ccc(CC2CCCCN2)cc1F. The Balaban J connectivity index is 2.05. The maximum atomic E-state index is 14.2. The van der Waals surface area contributed by atoms with E-state index in [9.17, 15) is 4.39 Å². The molecule has 1 saturated heterocycles. The standard InChI is InChI=1S/C17H26FN/c1-3-14(4-2)16-9-8-13(12-17(16)18)11-15-7-5-6-10-19-15/h8-9,12,14-15,19H,3-7,10-11H2,1-2H3. The molecule has 0 spiro atoms. The number of hydrogen-bond donors (Lipinski definition) is 1. The molecule has 106 valence electrons. The third-order valence-corrected chi connectivity index (χ3v) is 4.38. The van der Waals surface area contributed by atoms with Crippen LogP contribution in [0.15, 0.2) is 18.2 Å². The van der Waals surface area contributed by atoms with Gasteiger partial charge in [0.1, 0.15) is 5.82 Å². The smallest absolute Gasteiger partial charge is 0.126 e. The van der Waals surface area contributed by atoms with E-state index in [1.807, 2.05) is 6.07 Å². The largest absolute Gasteiger partial charge is 0.314 e. The van der Waals surface area contributed by atoms with Crippen LogP contribution in [0.1, 0.15) is 63.0 Å². The molecule has 1 N–H and O–H groups in total. The molecule has 1 aromatic rings. The molecule has 0 radical (unpaired) electrons. The third kappa shape index (κ3) is 3.79. The Morgan fingerprint density at radius 1 is 1.26 bits per heavy atom. The van der Waals surface area contributed by atoms with E-state index >= 15 is 0 Å². The lowest BCUT2D eigenvalue weighted by atomic mass is 9.91. The van der Waals surface area contributed by atoms with Gasteiger partial charge in [-0.25, -0.2) is 4.39 Å². The topological polar surface area (TPSA) is 12.0 Å². The Bertz CT molecular complexity index is 392. The van der Waals surface area contributed by atoms with Crippen LogP contribution < -0.4 is 5.32 Å². The van der Waals surface area contributed by atoms with Crippen molar-refractivity contribution in [2.75, 3.05) is 6.54 Å². The molecule has 1 aliphatic heterocycles. The molecular weight excluding hydrogens is 237 g/mol. The summed E-state index contributed by atoms with van der Waals surface area (Å²) in [5.74, 6) is 0.351. The van der Waals surface area contributed by atoms with E-state index < -0.39 is 0 Å². The highest BCUT2D eigenvalue weighted by Crippen LogP contribution is 2.26. The van der Waals surface area contributed by atoms with E-state index in [1.54, 1.807) is 6.07 Å². The van der Waals surface area contributed by atoms with Gasteiger partial charge in [-0.05, 0) is 61.8 Å². The summed E-state index contributed by atoms with van der Waals surface area (Å²) >= 11 is 0. The lowest BCUT2D eigenvalue weighted by molar-refractivity contribution is 0.399. The Labute approximate surface area is 116 Å². The first-order valence-corrected chi connectivity index (χ1v) is 7.76. The zero-order valence-corrected chi connectivity index (χ0v) is 12.2. The van der Waals surface area contributed by atoms with Gasteiger partial charge in [-0.15, -0.1) is 0 Å². The number of benzene rings is 1. The molecule has 1 aromatic carbocycles. The average Bonchev–Trinajstić information content (AvgIpc) is 2.43. The van der Waals surface area contributed by atoms with E-state index in [2.05, 4.69) is 25.2 Å². The van der Waals surface area contributed by atoms with E-state index in [0.29, 0.717) is 12.0 Å². The van der Waals surface area contributed by atoms with E-state index in [4.69, 9.17) is 0 Å². The van der Waals surface area contributed by atoms with Crippen LogP contribution in [0, 0.1) is 5.82 Å². The molecule has 1 nitrogen and oxygen atoms in total. The summed E-state index contributed by atoms with van der Waals surface area (Å²) in [6.07, 6.45) is 6.77. The Hall–Kier alpha value is -0.890. The zero-order valence-electron chi connectivity index (χ0n) is 12.2. The van der Waals surface area contributed by atoms with Gasteiger partial charge >= 0.3 is 0 Å². The first-order chi connectivity index (χ1) is 9.24. The summed E-state index contributed by atoms with van der Waals surface area (Å²) in [6.45, 7) is 5.37. The van der Waals surface area contributed by atoms with Crippen molar-refractivity contribution < 1.29 is 4.39 Å². The van der Waals surface area contributed by atoms with Crippen molar-refractivity contribution >= 4 is 0 Å². The highest BCUT2D eigenvalue weighted by molar-refractivity contribution is 5.28. The van der Waals surface area contributed by atoms with Crippen molar-refractivity contribution in [3.63, 3.8) is 0 Å². The van der Waals surface area contributed by atoms with Crippen molar-refractivity contribution in [3.05, 3.63) is 35.1 Å². The number of rotatable bonds is 5. The van der Waals surface area contributed by atoms with Gasteiger partial charge in [0.25, 0.3) is 0 Å². The highest BCUT2D eigenvalue weighted by Gasteiger charge is 2.16. The van der Waals surface area contributed by atoms with Crippen LogP contribution in [0.25, 0.3) is 0 Å². The van der Waals surface area contributed by atoms with E-state index in [0.717, 1.165) is 36.9 Å². The number of hydrogen-bond acceptors (Lipinski definition) is 1. The Kier molecular flexibility index (Phi) is 5.38. The first kappa shape index (κ1) is 14.5. The molecule has 1 aliphatic rings. The predicted molar refractivity (Wildman–Crippen MR) is 79.1 cm³/mol. The molecule has 0 aromatic heterocycles. The number of nitrogens with one attached hydrogen (secondary N) is 1. The van der Waals surface area contributed by atoms with Gasteiger partial charge in [-0.2, -0.15) is 0 Å². The van der Waals surface area contributed by atoms with Crippen molar-refractivity contribution in [3.8, 4) is 0 Å². The minimum absolute atomic E-state index is 0.0120. The van der Waals surface area contributed by atoms with Crippen LogP contribution >= 0.6 is 0 Å². The van der Waals surface area contributed by atoms with Crippen LogP contribution in [-0.4, -0.2) is 12.6 Å². The number of piperidine rings is 1. The van der Waals surface area contributed by atoms with Gasteiger partial charge in [0.15, 0.2) is 0 Å². The fraction of sp³-hybridized carbons (Fsp3) is 0.647. The second-order valence-electron chi connectivity index (χ2n) is 5.72. The molecule has 1 atom stereocenters.